The molecule has 3 aliphatic rings. The molecule has 0 aromatic heterocycles. The first-order valence-corrected chi connectivity index (χ1v) is 11.0. The third-order valence-corrected chi connectivity index (χ3v) is 6.27. The lowest BCUT2D eigenvalue weighted by Gasteiger charge is -2.34. The van der Waals surface area contributed by atoms with Crippen LogP contribution in [0.5, 0.6) is 0 Å². The Morgan fingerprint density at radius 1 is 0.931 bits per heavy atom. The maximum Gasteiger partial charge on any atom is 0.234 e. The minimum Gasteiger partial charge on any atom is -0.352 e. The van der Waals surface area contributed by atoms with E-state index >= 15 is 0 Å². The molecule has 1 N–H and O–H groups in total. The first-order chi connectivity index (χ1) is 14.1. The van der Waals surface area contributed by atoms with E-state index in [2.05, 4.69) is 16.3 Å². The van der Waals surface area contributed by atoms with Gasteiger partial charge in [-0.25, -0.2) is 0 Å². The average molecular weight is 398 g/mol. The Bertz CT molecular complexity index is 780. The van der Waals surface area contributed by atoms with E-state index in [1.165, 1.54) is 24.0 Å². The number of benzene rings is 1. The maximum absolute atomic E-state index is 12.6. The number of amides is 2. The molecule has 6 nitrogen and oxygen atoms in total. The number of piperazine rings is 1. The van der Waals surface area contributed by atoms with Gasteiger partial charge < -0.3 is 10.2 Å². The van der Waals surface area contributed by atoms with E-state index in [0.717, 1.165) is 31.2 Å². The van der Waals surface area contributed by atoms with Gasteiger partial charge >= 0.3 is 0 Å². The molecule has 1 aromatic rings. The summed E-state index contributed by atoms with van der Waals surface area (Å²) in [6.45, 7) is 3.09. The van der Waals surface area contributed by atoms with E-state index < -0.39 is 0 Å². The van der Waals surface area contributed by atoms with E-state index in [1.807, 2.05) is 17.0 Å². The zero-order valence-corrected chi connectivity index (χ0v) is 17.1. The molecule has 1 saturated carbocycles. The van der Waals surface area contributed by atoms with Gasteiger partial charge in [0.25, 0.3) is 0 Å². The van der Waals surface area contributed by atoms with Gasteiger partial charge in [-0.3, -0.25) is 19.3 Å². The van der Waals surface area contributed by atoms with Crippen LogP contribution in [0.15, 0.2) is 18.2 Å². The fourth-order valence-electron chi connectivity index (χ4n) is 4.29. The summed E-state index contributed by atoms with van der Waals surface area (Å²) in [4.78, 5) is 40.9. The third kappa shape index (κ3) is 5.44. The number of carbonyl (C=O) groups is 3. The van der Waals surface area contributed by atoms with Crippen molar-refractivity contribution in [2.75, 3.05) is 32.7 Å². The summed E-state index contributed by atoms with van der Waals surface area (Å²) in [7, 11) is 0. The number of ketones is 1. The predicted octanol–water partition coefficient (Wildman–Crippen LogP) is 1.95. The lowest BCUT2D eigenvalue weighted by molar-refractivity contribution is -0.133. The molecule has 2 fully saturated rings. The van der Waals surface area contributed by atoms with Crippen LogP contribution in [0.2, 0.25) is 0 Å². The van der Waals surface area contributed by atoms with Crippen molar-refractivity contribution in [3.63, 3.8) is 0 Å². The van der Waals surface area contributed by atoms with Gasteiger partial charge in [0.2, 0.25) is 11.8 Å². The van der Waals surface area contributed by atoms with Crippen LogP contribution in [0.25, 0.3) is 0 Å². The summed E-state index contributed by atoms with van der Waals surface area (Å²) >= 11 is 0. The zero-order valence-electron chi connectivity index (χ0n) is 17.1. The lowest BCUT2D eigenvalue weighted by atomic mass is 9.89. The van der Waals surface area contributed by atoms with Gasteiger partial charge in [-0.05, 0) is 55.7 Å². The molecule has 1 aromatic carbocycles. The minimum absolute atomic E-state index is 0.0402. The Morgan fingerprint density at radius 3 is 2.38 bits per heavy atom. The topological polar surface area (TPSA) is 69.7 Å². The van der Waals surface area contributed by atoms with Gasteiger partial charge in [0.1, 0.15) is 0 Å². The largest absolute Gasteiger partial charge is 0.352 e. The van der Waals surface area contributed by atoms with E-state index in [1.54, 1.807) is 0 Å². The van der Waals surface area contributed by atoms with Crippen LogP contribution >= 0.6 is 0 Å². The normalized spacial score (nSPS) is 19.5. The van der Waals surface area contributed by atoms with Gasteiger partial charge in [-0.1, -0.05) is 12.1 Å². The van der Waals surface area contributed by atoms with Crippen molar-refractivity contribution in [1.82, 2.24) is 15.1 Å². The molecular formula is C23H31N3O3. The Morgan fingerprint density at radius 2 is 1.66 bits per heavy atom. The van der Waals surface area contributed by atoms with Crippen molar-refractivity contribution in [3.8, 4) is 0 Å². The number of hydrogen-bond acceptors (Lipinski definition) is 4. The quantitative estimate of drug-likeness (QED) is 0.714. The van der Waals surface area contributed by atoms with Crippen LogP contribution in [0, 0.1) is 0 Å². The summed E-state index contributed by atoms with van der Waals surface area (Å²) in [5, 5.41) is 3.00. The second kappa shape index (κ2) is 9.08. The van der Waals surface area contributed by atoms with Crippen molar-refractivity contribution in [1.29, 1.82) is 0 Å². The second-order valence-electron chi connectivity index (χ2n) is 8.61. The summed E-state index contributed by atoms with van der Waals surface area (Å²) in [6.07, 6.45) is 7.30. The standard InChI is InChI=1S/C23H31N3O3/c27-21(19-6-5-17-3-1-2-4-18(17)15-19)9-10-23(29)26-13-11-25(12-14-26)16-22(28)24-20-7-8-20/h5-6,15,20H,1-4,7-14,16H2,(H,24,28). The molecule has 6 heteroatoms. The van der Waals surface area contributed by atoms with E-state index in [4.69, 9.17) is 0 Å². The van der Waals surface area contributed by atoms with Crippen LogP contribution in [-0.2, 0) is 22.4 Å². The van der Waals surface area contributed by atoms with E-state index in [9.17, 15) is 14.4 Å². The maximum atomic E-state index is 12.6. The van der Waals surface area contributed by atoms with Gasteiger partial charge in [-0.2, -0.15) is 0 Å². The fourth-order valence-corrected chi connectivity index (χ4v) is 4.29. The first-order valence-electron chi connectivity index (χ1n) is 11.0. The predicted molar refractivity (Wildman–Crippen MR) is 111 cm³/mol. The molecule has 2 amide bonds. The monoisotopic (exact) mass is 397 g/mol. The zero-order chi connectivity index (χ0) is 20.2. The van der Waals surface area contributed by atoms with Crippen LogP contribution < -0.4 is 5.32 Å². The second-order valence-corrected chi connectivity index (χ2v) is 8.61. The smallest absolute Gasteiger partial charge is 0.234 e. The van der Waals surface area contributed by atoms with Gasteiger partial charge in [0.15, 0.2) is 5.78 Å². The van der Waals surface area contributed by atoms with Crippen LogP contribution in [-0.4, -0.2) is 66.2 Å². The molecule has 0 bridgehead atoms. The van der Waals surface area contributed by atoms with E-state index in [0.29, 0.717) is 38.8 Å². The minimum atomic E-state index is 0.0402. The highest BCUT2D eigenvalue weighted by Gasteiger charge is 2.26. The van der Waals surface area contributed by atoms with Crippen molar-refractivity contribution < 1.29 is 14.4 Å². The number of aryl methyl sites for hydroxylation is 2. The van der Waals surface area contributed by atoms with Crippen molar-refractivity contribution in [2.24, 2.45) is 0 Å². The Balaban J connectivity index is 1.20. The summed E-state index contributed by atoms with van der Waals surface area (Å²) in [6, 6.07) is 6.43. The van der Waals surface area contributed by atoms with Gasteiger partial charge in [0.05, 0.1) is 6.54 Å². The summed E-state index contributed by atoms with van der Waals surface area (Å²) < 4.78 is 0. The number of Topliss-reactive ketones (excluding diaryl/α,β-unsaturated/α-hetero) is 1. The highest BCUT2D eigenvalue weighted by Crippen LogP contribution is 2.23. The van der Waals surface area contributed by atoms with Crippen molar-refractivity contribution in [2.45, 2.75) is 57.4 Å². The Hall–Kier alpha value is -2.21. The van der Waals surface area contributed by atoms with Crippen LogP contribution in [0.3, 0.4) is 0 Å². The molecule has 0 atom stereocenters. The summed E-state index contributed by atoms with van der Waals surface area (Å²) in [5.74, 6) is 0.184. The number of nitrogens with zero attached hydrogens (tertiary/aromatic N) is 2. The first kappa shape index (κ1) is 20.1. The molecular weight excluding hydrogens is 366 g/mol. The molecule has 0 spiro atoms. The molecule has 4 rings (SSSR count). The molecule has 29 heavy (non-hydrogen) atoms. The SMILES string of the molecule is O=C(CN1CCN(C(=O)CCC(=O)c2ccc3c(c2)CCCC3)CC1)NC1CC1. The lowest BCUT2D eigenvalue weighted by Crippen LogP contribution is -2.51. The van der Waals surface area contributed by atoms with Crippen molar-refractivity contribution in [3.05, 3.63) is 34.9 Å². The molecule has 0 unspecified atom stereocenters. The molecule has 0 radical (unpaired) electrons. The molecule has 156 valence electrons. The number of nitrogens with one attached hydrogen (secondary N) is 1. The molecule has 1 aliphatic heterocycles. The number of fused-ring (bicyclic) bond motifs is 1. The molecule has 2 aliphatic carbocycles. The van der Waals surface area contributed by atoms with Crippen LogP contribution in [0.4, 0.5) is 0 Å². The number of hydrogen-bond donors (Lipinski definition) is 1. The average Bonchev–Trinajstić information content (AvgIpc) is 3.55. The highest BCUT2D eigenvalue weighted by atomic mass is 16.2. The van der Waals surface area contributed by atoms with Crippen LogP contribution in [0.1, 0.15) is 60.0 Å². The molecule has 1 heterocycles. The Kier molecular flexibility index (Phi) is 6.28. The Labute approximate surface area is 172 Å². The van der Waals surface area contributed by atoms with Gasteiger partial charge in [-0.15, -0.1) is 0 Å². The molecule has 1 saturated heterocycles. The number of rotatable bonds is 7. The van der Waals surface area contributed by atoms with Crippen molar-refractivity contribution >= 4 is 17.6 Å². The number of carbonyl (C=O) groups excluding carboxylic acids is 3. The highest BCUT2D eigenvalue weighted by molar-refractivity contribution is 5.98. The fraction of sp³-hybridized carbons (Fsp3) is 0.609. The summed E-state index contributed by atoms with van der Waals surface area (Å²) in [5.41, 5.74) is 3.41. The van der Waals surface area contributed by atoms with Gasteiger partial charge in [0, 0.05) is 50.6 Å². The third-order valence-electron chi connectivity index (χ3n) is 6.27. The van der Waals surface area contributed by atoms with E-state index in [-0.39, 0.29) is 30.4 Å².